The lowest BCUT2D eigenvalue weighted by molar-refractivity contribution is 0.802. The lowest BCUT2D eigenvalue weighted by Gasteiger charge is -2.23. The molecule has 19 heavy (non-hydrogen) atoms. The molecule has 0 saturated carbocycles. The molecule has 0 aliphatic rings. The summed E-state index contributed by atoms with van der Waals surface area (Å²) in [5.74, 6) is 0. The van der Waals surface area contributed by atoms with Gasteiger partial charge in [0.25, 0.3) is 0 Å². The standard InChI is InChI=1S/C14H16BrClN2S/c1-9(17)12-7-10(15)3-5-13(12)18(2)8-11-4-6-14(16)19-11/h3-7,9H,8,17H2,1-2H3. The normalized spacial score (nSPS) is 12.5. The van der Waals surface area contributed by atoms with Crippen LogP contribution < -0.4 is 10.6 Å². The first-order chi connectivity index (χ1) is 8.97. The van der Waals surface area contributed by atoms with Crippen LogP contribution in [0.2, 0.25) is 4.34 Å². The van der Waals surface area contributed by atoms with E-state index in [1.807, 2.05) is 19.1 Å². The van der Waals surface area contributed by atoms with Gasteiger partial charge in [-0.1, -0.05) is 27.5 Å². The first-order valence-electron chi connectivity index (χ1n) is 5.97. The zero-order chi connectivity index (χ0) is 14.0. The van der Waals surface area contributed by atoms with Crippen molar-refractivity contribution in [2.45, 2.75) is 19.5 Å². The van der Waals surface area contributed by atoms with Crippen LogP contribution in [0.25, 0.3) is 0 Å². The third-order valence-electron chi connectivity index (χ3n) is 2.91. The van der Waals surface area contributed by atoms with E-state index >= 15 is 0 Å². The zero-order valence-corrected chi connectivity index (χ0v) is 14.0. The summed E-state index contributed by atoms with van der Waals surface area (Å²) in [5, 5.41) is 0. The maximum atomic E-state index is 6.05. The lowest BCUT2D eigenvalue weighted by Crippen LogP contribution is -2.19. The van der Waals surface area contributed by atoms with Crippen LogP contribution in [0.5, 0.6) is 0 Å². The van der Waals surface area contributed by atoms with Crippen molar-refractivity contribution in [1.29, 1.82) is 0 Å². The number of nitrogens with zero attached hydrogens (tertiary/aromatic N) is 1. The van der Waals surface area contributed by atoms with E-state index in [2.05, 4.69) is 46.1 Å². The third kappa shape index (κ3) is 3.72. The first-order valence-corrected chi connectivity index (χ1v) is 7.96. The van der Waals surface area contributed by atoms with Crippen LogP contribution in [-0.4, -0.2) is 7.05 Å². The molecule has 0 aliphatic heterocycles. The topological polar surface area (TPSA) is 29.3 Å². The van der Waals surface area contributed by atoms with E-state index < -0.39 is 0 Å². The van der Waals surface area contributed by atoms with Crippen LogP contribution in [0.15, 0.2) is 34.8 Å². The van der Waals surface area contributed by atoms with E-state index in [1.54, 1.807) is 11.3 Å². The quantitative estimate of drug-likeness (QED) is 0.848. The van der Waals surface area contributed by atoms with E-state index in [9.17, 15) is 0 Å². The van der Waals surface area contributed by atoms with Crippen LogP contribution in [-0.2, 0) is 6.54 Å². The summed E-state index contributed by atoms with van der Waals surface area (Å²) in [6, 6.07) is 10.2. The molecule has 0 spiro atoms. The number of halogens is 2. The number of benzene rings is 1. The van der Waals surface area contributed by atoms with Crippen LogP contribution in [0.4, 0.5) is 5.69 Å². The lowest BCUT2D eigenvalue weighted by atomic mass is 10.1. The molecule has 5 heteroatoms. The Hall–Kier alpha value is -0.550. The first kappa shape index (κ1) is 14.9. The van der Waals surface area contributed by atoms with E-state index in [0.29, 0.717) is 0 Å². The highest BCUT2D eigenvalue weighted by molar-refractivity contribution is 9.10. The molecule has 2 rings (SSSR count). The van der Waals surface area contributed by atoms with Crippen LogP contribution in [0, 0.1) is 0 Å². The Labute approximate surface area is 131 Å². The Balaban J connectivity index is 2.25. The minimum atomic E-state index is 0.00173. The van der Waals surface area contributed by atoms with E-state index in [-0.39, 0.29) is 6.04 Å². The Kier molecular flexibility index (Phi) is 4.90. The molecule has 1 aromatic heterocycles. The Morgan fingerprint density at radius 1 is 1.37 bits per heavy atom. The van der Waals surface area contributed by atoms with Gasteiger partial charge in [-0.2, -0.15) is 0 Å². The van der Waals surface area contributed by atoms with Gasteiger partial charge in [0.05, 0.1) is 10.9 Å². The molecular formula is C14H16BrClN2S. The van der Waals surface area contributed by atoms with Crippen molar-refractivity contribution in [2.24, 2.45) is 5.73 Å². The fraction of sp³-hybridized carbons (Fsp3) is 0.286. The Morgan fingerprint density at radius 3 is 2.68 bits per heavy atom. The molecule has 0 saturated heterocycles. The van der Waals surface area contributed by atoms with Gasteiger partial charge in [-0.25, -0.2) is 0 Å². The molecule has 2 nitrogen and oxygen atoms in total. The number of hydrogen-bond donors (Lipinski definition) is 1. The number of anilines is 1. The average molecular weight is 360 g/mol. The van der Waals surface area contributed by atoms with Gasteiger partial charge in [-0.3, -0.25) is 0 Å². The second kappa shape index (κ2) is 6.27. The monoisotopic (exact) mass is 358 g/mol. The van der Waals surface area contributed by atoms with Crippen LogP contribution in [0.3, 0.4) is 0 Å². The molecule has 0 fully saturated rings. The highest BCUT2D eigenvalue weighted by Gasteiger charge is 2.12. The summed E-state index contributed by atoms with van der Waals surface area (Å²) in [6.45, 7) is 2.83. The summed E-state index contributed by atoms with van der Waals surface area (Å²) < 4.78 is 1.88. The van der Waals surface area contributed by atoms with Crippen molar-refractivity contribution in [2.75, 3.05) is 11.9 Å². The van der Waals surface area contributed by atoms with Crippen LogP contribution >= 0.6 is 38.9 Å². The number of hydrogen-bond acceptors (Lipinski definition) is 3. The molecular weight excluding hydrogens is 344 g/mol. The molecule has 2 N–H and O–H groups in total. The summed E-state index contributed by atoms with van der Waals surface area (Å²) in [4.78, 5) is 3.44. The van der Waals surface area contributed by atoms with Crippen molar-refractivity contribution >= 4 is 44.6 Å². The van der Waals surface area contributed by atoms with E-state index in [0.717, 1.165) is 26.6 Å². The summed E-state index contributed by atoms with van der Waals surface area (Å²) in [6.07, 6.45) is 0. The number of thiophene rings is 1. The van der Waals surface area contributed by atoms with Crippen LogP contribution in [0.1, 0.15) is 23.4 Å². The van der Waals surface area contributed by atoms with Gasteiger partial charge in [0.2, 0.25) is 0 Å². The molecule has 0 amide bonds. The zero-order valence-electron chi connectivity index (χ0n) is 10.9. The molecule has 0 radical (unpaired) electrons. The highest BCUT2D eigenvalue weighted by Crippen LogP contribution is 2.30. The van der Waals surface area contributed by atoms with Gasteiger partial charge in [-0.05, 0) is 42.8 Å². The average Bonchev–Trinajstić information content (AvgIpc) is 2.74. The molecule has 0 aliphatic carbocycles. The SMILES string of the molecule is CC(N)c1cc(Br)ccc1N(C)Cc1ccc(Cl)s1. The molecule has 1 aromatic carbocycles. The largest absolute Gasteiger partial charge is 0.369 e. The number of nitrogens with two attached hydrogens (primary N) is 1. The van der Waals surface area contributed by atoms with Gasteiger partial charge in [-0.15, -0.1) is 11.3 Å². The Morgan fingerprint density at radius 2 is 2.11 bits per heavy atom. The molecule has 2 aromatic rings. The fourth-order valence-corrected chi connectivity index (χ4v) is 3.51. The van der Waals surface area contributed by atoms with Gasteiger partial charge in [0.15, 0.2) is 0 Å². The van der Waals surface area contributed by atoms with Crippen molar-refractivity contribution in [3.8, 4) is 0 Å². The van der Waals surface area contributed by atoms with Gasteiger partial charge in [0, 0.05) is 28.1 Å². The minimum absolute atomic E-state index is 0.00173. The van der Waals surface area contributed by atoms with E-state index in [1.165, 1.54) is 4.88 Å². The molecule has 102 valence electrons. The molecule has 0 bridgehead atoms. The second-order valence-corrected chi connectivity index (χ2v) is 7.27. The maximum Gasteiger partial charge on any atom is 0.0931 e. The Bertz CT molecular complexity index is 568. The summed E-state index contributed by atoms with van der Waals surface area (Å²) >= 11 is 11.1. The third-order valence-corrected chi connectivity index (χ3v) is 4.62. The maximum absolute atomic E-state index is 6.05. The van der Waals surface area contributed by atoms with Crippen molar-refractivity contribution < 1.29 is 0 Å². The summed E-state index contributed by atoms with van der Waals surface area (Å²) in [5.41, 5.74) is 8.35. The van der Waals surface area contributed by atoms with Gasteiger partial charge >= 0.3 is 0 Å². The second-order valence-electron chi connectivity index (χ2n) is 4.55. The molecule has 1 heterocycles. The molecule has 1 atom stereocenters. The van der Waals surface area contributed by atoms with Gasteiger partial charge < -0.3 is 10.6 Å². The minimum Gasteiger partial charge on any atom is -0.369 e. The van der Waals surface area contributed by atoms with Gasteiger partial charge in [0.1, 0.15) is 0 Å². The highest BCUT2D eigenvalue weighted by atomic mass is 79.9. The predicted molar refractivity (Wildman–Crippen MR) is 88.2 cm³/mol. The molecule has 1 unspecified atom stereocenters. The van der Waals surface area contributed by atoms with E-state index in [4.69, 9.17) is 17.3 Å². The van der Waals surface area contributed by atoms with Crippen molar-refractivity contribution in [1.82, 2.24) is 0 Å². The van der Waals surface area contributed by atoms with Crippen molar-refractivity contribution in [3.05, 3.63) is 49.6 Å². The van der Waals surface area contributed by atoms with Crippen molar-refractivity contribution in [3.63, 3.8) is 0 Å². The smallest absolute Gasteiger partial charge is 0.0931 e. The summed E-state index contributed by atoms with van der Waals surface area (Å²) in [7, 11) is 2.07. The predicted octanol–water partition coefficient (Wildman–Crippen LogP) is 4.82. The number of rotatable bonds is 4. The fourth-order valence-electron chi connectivity index (χ4n) is 1.99.